The number of carbonyl (C=O) groups is 1. The van der Waals surface area contributed by atoms with Crippen LogP contribution in [0.15, 0.2) is 66.9 Å². The minimum atomic E-state index is -0.942. The van der Waals surface area contributed by atoms with Crippen molar-refractivity contribution in [3.63, 3.8) is 0 Å². The molecule has 0 atom stereocenters. The fourth-order valence-corrected chi connectivity index (χ4v) is 4.75. The summed E-state index contributed by atoms with van der Waals surface area (Å²) in [5, 5.41) is 11.6. The Bertz CT molecular complexity index is 1570. The Hall–Kier alpha value is -4.19. The summed E-state index contributed by atoms with van der Waals surface area (Å²) in [6.45, 7) is 7.02. The molecule has 0 aliphatic heterocycles. The van der Waals surface area contributed by atoms with E-state index in [4.69, 9.17) is 9.72 Å². The van der Waals surface area contributed by atoms with Crippen LogP contribution in [0.2, 0.25) is 0 Å². The molecule has 3 aromatic carbocycles. The first-order chi connectivity index (χ1) is 17.5. The summed E-state index contributed by atoms with van der Waals surface area (Å²) in [6.07, 6.45) is 3.75. The van der Waals surface area contributed by atoms with E-state index in [0.29, 0.717) is 23.4 Å². The molecular formula is C30H29N3O3. The number of aryl methyl sites for hydroxylation is 3. The minimum Gasteiger partial charge on any atom is -0.489 e. The van der Waals surface area contributed by atoms with Crippen molar-refractivity contribution in [2.75, 3.05) is 0 Å². The molecule has 0 aliphatic rings. The second-order valence-corrected chi connectivity index (χ2v) is 9.17. The topological polar surface area (TPSA) is 77.2 Å². The van der Waals surface area contributed by atoms with Crippen molar-refractivity contribution in [3.8, 4) is 5.75 Å². The summed E-state index contributed by atoms with van der Waals surface area (Å²) in [7, 11) is 0. The van der Waals surface area contributed by atoms with Gasteiger partial charge in [0.15, 0.2) is 5.65 Å². The highest BCUT2D eigenvalue weighted by atomic mass is 16.5. The van der Waals surface area contributed by atoms with E-state index < -0.39 is 5.97 Å². The Morgan fingerprint density at radius 3 is 2.56 bits per heavy atom. The summed E-state index contributed by atoms with van der Waals surface area (Å²) in [5.41, 5.74) is 6.02. The van der Waals surface area contributed by atoms with Crippen molar-refractivity contribution in [2.24, 2.45) is 0 Å². The molecule has 5 rings (SSSR count). The maximum Gasteiger partial charge on any atom is 0.336 e. The van der Waals surface area contributed by atoms with Crippen LogP contribution in [0.25, 0.3) is 21.9 Å². The Morgan fingerprint density at radius 2 is 1.81 bits per heavy atom. The van der Waals surface area contributed by atoms with Gasteiger partial charge in [-0.05, 0) is 65.9 Å². The van der Waals surface area contributed by atoms with Crippen LogP contribution in [0.3, 0.4) is 0 Å². The molecule has 0 spiro atoms. The fourth-order valence-electron chi connectivity index (χ4n) is 4.75. The first-order valence-corrected chi connectivity index (χ1v) is 12.2. The van der Waals surface area contributed by atoms with Crippen LogP contribution in [0.1, 0.15) is 51.8 Å². The zero-order valence-electron chi connectivity index (χ0n) is 20.8. The Kier molecular flexibility index (Phi) is 6.42. The summed E-state index contributed by atoms with van der Waals surface area (Å²) < 4.78 is 8.25. The molecule has 0 bridgehead atoms. The highest BCUT2D eigenvalue weighted by Crippen LogP contribution is 2.28. The molecule has 182 valence electrons. The van der Waals surface area contributed by atoms with Gasteiger partial charge in [0.1, 0.15) is 23.7 Å². The van der Waals surface area contributed by atoms with Crippen LogP contribution in [-0.2, 0) is 19.6 Å². The van der Waals surface area contributed by atoms with Crippen molar-refractivity contribution in [3.05, 3.63) is 101 Å². The number of hydrogen-bond acceptors (Lipinski definition) is 4. The highest BCUT2D eigenvalue weighted by Gasteiger charge is 2.18. The van der Waals surface area contributed by atoms with E-state index in [9.17, 15) is 9.90 Å². The number of carboxylic acids is 1. The number of aromatic nitrogens is 3. The first kappa shape index (κ1) is 23.5. The molecule has 1 N–H and O–H groups in total. The van der Waals surface area contributed by atoms with Crippen molar-refractivity contribution in [1.82, 2.24) is 14.5 Å². The molecule has 6 nitrogen and oxygen atoms in total. The molecule has 0 radical (unpaired) electrons. The van der Waals surface area contributed by atoms with Crippen molar-refractivity contribution < 1.29 is 14.6 Å². The number of pyridine rings is 1. The Morgan fingerprint density at radius 1 is 1.03 bits per heavy atom. The number of nitrogens with zero attached hydrogens (tertiary/aromatic N) is 3. The van der Waals surface area contributed by atoms with E-state index in [1.54, 1.807) is 0 Å². The molecule has 6 heteroatoms. The maximum atomic E-state index is 12.1. The number of hydrogen-bond donors (Lipinski definition) is 1. The van der Waals surface area contributed by atoms with Gasteiger partial charge in [-0.25, -0.2) is 14.8 Å². The van der Waals surface area contributed by atoms with Gasteiger partial charge in [0.05, 0.1) is 12.1 Å². The van der Waals surface area contributed by atoms with Gasteiger partial charge >= 0.3 is 5.97 Å². The average molecular weight is 480 g/mol. The molecule has 5 aromatic rings. The molecule has 0 amide bonds. The molecule has 0 saturated heterocycles. The summed E-state index contributed by atoms with van der Waals surface area (Å²) in [4.78, 5) is 21.6. The molecule has 2 aromatic heterocycles. The number of rotatable bonds is 8. The van der Waals surface area contributed by atoms with Gasteiger partial charge in [0, 0.05) is 18.2 Å². The van der Waals surface area contributed by atoms with E-state index in [-0.39, 0.29) is 6.61 Å². The largest absolute Gasteiger partial charge is 0.489 e. The molecular weight excluding hydrogens is 450 g/mol. The second kappa shape index (κ2) is 9.82. The zero-order valence-corrected chi connectivity index (χ0v) is 20.8. The van der Waals surface area contributed by atoms with Gasteiger partial charge in [-0.15, -0.1) is 0 Å². The molecule has 0 saturated carbocycles. The number of fused-ring (bicyclic) bond motifs is 2. The van der Waals surface area contributed by atoms with Gasteiger partial charge in [-0.1, -0.05) is 49.4 Å². The second-order valence-electron chi connectivity index (χ2n) is 9.17. The maximum absolute atomic E-state index is 12.1. The third kappa shape index (κ3) is 4.42. The van der Waals surface area contributed by atoms with Gasteiger partial charge in [0.2, 0.25) is 0 Å². The van der Waals surface area contributed by atoms with Gasteiger partial charge in [0.25, 0.3) is 0 Å². The first-order valence-electron chi connectivity index (χ1n) is 12.2. The van der Waals surface area contributed by atoms with Crippen LogP contribution in [-0.4, -0.2) is 25.6 Å². The Balaban J connectivity index is 1.38. The van der Waals surface area contributed by atoms with Crippen LogP contribution < -0.4 is 4.74 Å². The van der Waals surface area contributed by atoms with Crippen LogP contribution >= 0.6 is 0 Å². The predicted molar refractivity (Wildman–Crippen MR) is 142 cm³/mol. The minimum absolute atomic E-state index is 0.188. The lowest BCUT2D eigenvalue weighted by atomic mass is 9.95. The normalized spacial score (nSPS) is 11.3. The average Bonchev–Trinajstić information content (AvgIpc) is 3.21. The molecule has 0 unspecified atom stereocenters. The number of imidazole rings is 1. The lowest BCUT2D eigenvalue weighted by molar-refractivity contribution is 0.0696. The van der Waals surface area contributed by atoms with Crippen LogP contribution in [0.4, 0.5) is 0 Å². The summed E-state index contributed by atoms with van der Waals surface area (Å²) in [6, 6.07) is 19.5. The highest BCUT2D eigenvalue weighted by molar-refractivity contribution is 6.05. The number of carboxylic acid groups (broad SMARTS) is 1. The summed E-state index contributed by atoms with van der Waals surface area (Å²) >= 11 is 0. The zero-order chi connectivity index (χ0) is 25.2. The quantitative estimate of drug-likeness (QED) is 0.276. The van der Waals surface area contributed by atoms with Gasteiger partial charge in [-0.3, -0.25) is 0 Å². The van der Waals surface area contributed by atoms with E-state index in [0.717, 1.165) is 57.3 Å². The van der Waals surface area contributed by atoms with Crippen molar-refractivity contribution in [1.29, 1.82) is 0 Å². The monoisotopic (exact) mass is 479 g/mol. The van der Waals surface area contributed by atoms with Crippen LogP contribution in [0, 0.1) is 13.8 Å². The third-order valence-corrected chi connectivity index (χ3v) is 6.63. The SMILES string of the molecule is CCCc1nc2c(C)ccnc2n1Cc1ccc(OCc2c(C)cc3ccccc3c2C(=O)O)cc1. The van der Waals surface area contributed by atoms with Gasteiger partial charge < -0.3 is 14.4 Å². The predicted octanol–water partition coefficient (Wildman–Crippen LogP) is 6.48. The van der Waals surface area contributed by atoms with E-state index in [2.05, 4.69) is 23.4 Å². The molecule has 2 heterocycles. The number of ether oxygens (including phenoxy) is 1. The lowest BCUT2D eigenvalue weighted by Gasteiger charge is -2.15. The lowest BCUT2D eigenvalue weighted by Crippen LogP contribution is -2.09. The van der Waals surface area contributed by atoms with Crippen molar-refractivity contribution >= 4 is 27.9 Å². The fraction of sp³-hybridized carbons (Fsp3) is 0.233. The van der Waals surface area contributed by atoms with E-state index >= 15 is 0 Å². The number of aromatic carboxylic acids is 1. The Labute approximate surface area is 210 Å². The smallest absolute Gasteiger partial charge is 0.336 e. The van der Waals surface area contributed by atoms with E-state index in [1.807, 2.05) is 73.8 Å². The standard InChI is InChI=1S/C30H29N3O3/c1-4-7-26-32-28-19(2)14-15-31-29(28)33(26)17-21-10-12-23(13-11-21)36-18-25-20(3)16-22-8-5-6-9-24(22)27(25)30(34)35/h5-6,8-16H,4,7,17-18H2,1-3H3,(H,34,35). The summed E-state index contributed by atoms with van der Waals surface area (Å²) in [5.74, 6) is 0.798. The molecule has 0 aliphatic carbocycles. The van der Waals surface area contributed by atoms with Crippen LogP contribution in [0.5, 0.6) is 5.75 Å². The van der Waals surface area contributed by atoms with Crippen molar-refractivity contribution in [2.45, 2.75) is 46.8 Å². The van der Waals surface area contributed by atoms with E-state index in [1.165, 1.54) is 0 Å². The molecule has 36 heavy (non-hydrogen) atoms. The number of benzene rings is 3. The molecule has 0 fully saturated rings. The third-order valence-electron chi connectivity index (χ3n) is 6.63. The van der Waals surface area contributed by atoms with Gasteiger partial charge in [-0.2, -0.15) is 0 Å².